The highest BCUT2D eigenvalue weighted by atomic mass is 19.4. The third-order valence-corrected chi connectivity index (χ3v) is 3.68. The lowest BCUT2D eigenvalue weighted by molar-refractivity contribution is -0.385. The Morgan fingerprint density at radius 1 is 1.04 bits per heavy atom. The van der Waals surface area contributed by atoms with Gasteiger partial charge in [-0.05, 0) is 43.3 Å². The number of anilines is 2. The topological polar surface area (TPSA) is 90.2 Å². The number of alkyl halides is 3. The summed E-state index contributed by atoms with van der Waals surface area (Å²) in [5, 5.41) is 14.1. The number of hydrogen-bond donors (Lipinski definition) is 1. The molecule has 3 aromatic rings. The summed E-state index contributed by atoms with van der Waals surface area (Å²) in [5.74, 6) is -0.159. The number of nitro groups is 1. The van der Waals surface area contributed by atoms with Crippen LogP contribution in [0, 0.1) is 17.0 Å². The lowest BCUT2D eigenvalue weighted by atomic mass is 10.2. The fraction of sp³-hybridized carbons (Fsp3) is 0.111. The van der Waals surface area contributed by atoms with E-state index < -0.39 is 22.4 Å². The Hall–Kier alpha value is -3.69. The van der Waals surface area contributed by atoms with E-state index in [1.807, 2.05) is 6.92 Å². The van der Waals surface area contributed by atoms with Crippen molar-refractivity contribution < 1.29 is 22.8 Å². The predicted octanol–water partition coefficient (Wildman–Crippen LogP) is 5.25. The van der Waals surface area contributed by atoms with E-state index in [9.17, 15) is 23.3 Å². The maximum absolute atomic E-state index is 12.7. The van der Waals surface area contributed by atoms with Gasteiger partial charge in [0, 0.05) is 5.69 Å². The lowest BCUT2D eigenvalue weighted by Crippen LogP contribution is -2.06. The molecule has 1 N–H and O–H groups in total. The zero-order valence-corrected chi connectivity index (χ0v) is 14.4. The zero-order chi connectivity index (χ0) is 20.3. The van der Waals surface area contributed by atoms with E-state index in [2.05, 4.69) is 15.3 Å². The molecule has 3 rings (SSSR count). The second-order valence-corrected chi connectivity index (χ2v) is 5.75. The Bertz CT molecular complexity index is 990. The largest absolute Gasteiger partial charge is 0.434 e. The molecule has 0 atom stereocenters. The van der Waals surface area contributed by atoms with Crippen LogP contribution < -0.4 is 10.1 Å². The van der Waals surface area contributed by atoms with Crippen LogP contribution in [0.3, 0.4) is 0 Å². The van der Waals surface area contributed by atoms with Gasteiger partial charge in [-0.15, -0.1) is 0 Å². The number of nitrogens with one attached hydrogen (secondary N) is 1. The second kappa shape index (κ2) is 7.51. The summed E-state index contributed by atoms with van der Waals surface area (Å²) in [4.78, 5) is 18.4. The van der Waals surface area contributed by atoms with Gasteiger partial charge in [0.1, 0.15) is 12.1 Å². The SMILES string of the molecule is Cc1ccc(Oc2ncnc(Nc3ccc(C(F)(F)F)cc3)c2[N+](=O)[O-])cc1. The van der Waals surface area contributed by atoms with E-state index >= 15 is 0 Å². The number of hydrogen-bond acceptors (Lipinski definition) is 6. The molecule has 28 heavy (non-hydrogen) atoms. The van der Waals surface area contributed by atoms with E-state index in [1.54, 1.807) is 24.3 Å². The van der Waals surface area contributed by atoms with Crippen LogP contribution in [0.15, 0.2) is 54.9 Å². The molecule has 0 aliphatic carbocycles. The maximum atomic E-state index is 12.7. The van der Waals surface area contributed by atoms with Gasteiger partial charge in [-0.25, -0.2) is 4.98 Å². The van der Waals surface area contributed by atoms with Crippen LogP contribution in [0.5, 0.6) is 11.6 Å². The third-order valence-electron chi connectivity index (χ3n) is 3.68. The van der Waals surface area contributed by atoms with Crippen molar-refractivity contribution in [3.63, 3.8) is 0 Å². The molecule has 0 bridgehead atoms. The van der Waals surface area contributed by atoms with E-state index in [4.69, 9.17) is 4.74 Å². The summed E-state index contributed by atoms with van der Waals surface area (Å²) in [7, 11) is 0. The lowest BCUT2D eigenvalue weighted by Gasteiger charge is -2.11. The number of ether oxygens (including phenoxy) is 1. The quantitative estimate of drug-likeness (QED) is 0.473. The molecule has 7 nitrogen and oxygen atoms in total. The van der Waals surface area contributed by atoms with E-state index in [0.29, 0.717) is 5.75 Å². The molecule has 2 aromatic carbocycles. The Kier molecular flexibility index (Phi) is 5.12. The Morgan fingerprint density at radius 3 is 2.25 bits per heavy atom. The smallest absolute Gasteiger partial charge is 0.416 e. The van der Waals surface area contributed by atoms with Crippen molar-refractivity contribution >= 4 is 17.2 Å². The van der Waals surface area contributed by atoms with Gasteiger partial charge in [0.05, 0.1) is 10.5 Å². The first kappa shape index (κ1) is 19.1. The molecule has 0 aliphatic heterocycles. The highest BCUT2D eigenvalue weighted by Crippen LogP contribution is 2.36. The summed E-state index contributed by atoms with van der Waals surface area (Å²) in [6, 6.07) is 10.8. The number of halogens is 3. The number of aromatic nitrogens is 2. The summed E-state index contributed by atoms with van der Waals surface area (Å²) >= 11 is 0. The van der Waals surface area contributed by atoms with Gasteiger partial charge < -0.3 is 10.1 Å². The van der Waals surface area contributed by atoms with Crippen molar-refractivity contribution in [2.45, 2.75) is 13.1 Å². The van der Waals surface area contributed by atoms with Gasteiger partial charge in [-0.2, -0.15) is 18.2 Å². The van der Waals surface area contributed by atoms with Crippen LogP contribution in [0.25, 0.3) is 0 Å². The summed E-state index contributed by atoms with van der Waals surface area (Å²) in [6.45, 7) is 1.88. The average Bonchev–Trinajstić information content (AvgIpc) is 2.63. The minimum absolute atomic E-state index is 0.191. The molecular formula is C18H13F3N4O3. The maximum Gasteiger partial charge on any atom is 0.416 e. The van der Waals surface area contributed by atoms with Crippen molar-refractivity contribution in [2.24, 2.45) is 0 Å². The third kappa shape index (κ3) is 4.34. The number of benzene rings is 2. The van der Waals surface area contributed by atoms with Gasteiger partial charge >= 0.3 is 17.7 Å². The second-order valence-electron chi connectivity index (χ2n) is 5.75. The van der Waals surface area contributed by atoms with Crippen LogP contribution in [0.4, 0.5) is 30.4 Å². The summed E-state index contributed by atoms with van der Waals surface area (Å²) < 4.78 is 43.4. The number of nitrogens with zero attached hydrogens (tertiary/aromatic N) is 3. The molecule has 0 amide bonds. The molecule has 1 heterocycles. The fourth-order valence-corrected chi connectivity index (χ4v) is 2.29. The monoisotopic (exact) mass is 390 g/mol. The minimum atomic E-state index is -4.48. The molecule has 0 saturated carbocycles. The fourth-order valence-electron chi connectivity index (χ4n) is 2.29. The first-order chi connectivity index (χ1) is 13.2. The van der Waals surface area contributed by atoms with E-state index in [1.165, 1.54) is 0 Å². The van der Waals surface area contributed by atoms with Crippen molar-refractivity contribution in [3.8, 4) is 11.6 Å². The van der Waals surface area contributed by atoms with Gasteiger partial charge in [0.25, 0.3) is 0 Å². The summed E-state index contributed by atoms with van der Waals surface area (Å²) in [5.41, 5.74) is -0.202. The van der Waals surface area contributed by atoms with Crippen molar-refractivity contribution in [1.82, 2.24) is 9.97 Å². The number of rotatable bonds is 5. The molecule has 0 spiro atoms. The van der Waals surface area contributed by atoms with Gasteiger partial charge in [0.15, 0.2) is 0 Å². The Balaban J connectivity index is 1.91. The predicted molar refractivity (Wildman–Crippen MR) is 94.7 cm³/mol. The molecule has 0 unspecified atom stereocenters. The van der Waals surface area contributed by atoms with Crippen LogP contribution in [0.1, 0.15) is 11.1 Å². The van der Waals surface area contributed by atoms with Crippen LogP contribution in [-0.4, -0.2) is 14.9 Å². The molecule has 1 aromatic heterocycles. The van der Waals surface area contributed by atoms with Crippen molar-refractivity contribution in [1.29, 1.82) is 0 Å². The molecule has 144 valence electrons. The average molecular weight is 390 g/mol. The van der Waals surface area contributed by atoms with E-state index in [-0.39, 0.29) is 17.4 Å². The van der Waals surface area contributed by atoms with Crippen LogP contribution in [0.2, 0.25) is 0 Å². The van der Waals surface area contributed by atoms with Gasteiger partial charge in [0.2, 0.25) is 5.82 Å². The minimum Gasteiger partial charge on any atom is -0.434 e. The van der Waals surface area contributed by atoms with Gasteiger partial charge in [-0.1, -0.05) is 17.7 Å². The molecule has 10 heteroatoms. The highest BCUT2D eigenvalue weighted by Gasteiger charge is 2.30. The van der Waals surface area contributed by atoms with Crippen LogP contribution in [-0.2, 0) is 6.18 Å². The first-order valence-electron chi connectivity index (χ1n) is 7.92. The molecule has 0 aliphatic rings. The molecule has 0 radical (unpaired) electrons. The highest BCUT2D eigenvalue weighted by molar-refractivity contribution is 5.68. The Morgan fingerprint density at radius 2 is 1.68 bits per heavy atom. The van der Waals surface area contributed by atoms with Crippen LogP contribution >= 0.6 is 0 Å². The molecule has 0 saturated heterocycles. The number of aryl methyl sites for hydroxylation is 1. The Labute approximate surface area is 157 Å². The first-order valence-corrected chi connectivity index (χ1v) is 7.92. The van der Waals surface area contributed by atoms with Crippen molar-refractivity contribution in [2.75, 3.05) is 5.32 Å². The van der Waals surface area contributed by atoms with E-state index in [0.717, 1.165) is 36.2 Å². The van der Waals surface area contributed by atoms with Gasteiger partial charge in [-0.3, -0.25) is 10.1 Å². The molecular weight excluding hydrogens is 377 g/mol. The zero-order valence-electron chi connectivity index (χ0n) is 14.4. The molecule has 0 fully saturated rings. The standard InChI is InChI=1S/C18H13F3N4O3/c1-11-2-8-14(9-3-11)28-17-15(25(26)27)16(22-10-23-17)24-13-6-4-12(5-7-13)18(19,20)21/h2-10H,1H3,(H,22,23,24). The van der Waals surface area contributed by atoms with Crippen molar-refractivity contribution in [3.05, 3.63) is 76.1 Å². The normalized spacial score (nSPS) is 11.1. The summed E-state index contributed by atoms with van der Waals surface area (Å²) in [6.07, 6.45) is -3.42.